The van der Waals surface area contributed by atoms with Crippen molar-refractivity contribution < 1.29 is 27.9 Å². The number of aliphatic hydroxyl groups is 1. The van der Waals surface area contributed by atoms with E-state index < -0.39 is 8.80 Å². The summed E-state index contributed by atoms with van der Waals surface area (Å²) in [5.74, 6) is 0.0921. The fraction of sp³-hybridized carbons (Fsp3) is 0.933. The van der Waals surface area contributed by atoms with Crippen LogP contribution < -0.4 is 0 Å². The van der Waals surface area contributed by atoms with Crippen LogP contribution >= 0.6 is 0 Å². The van der Waals surface area contributed by atoms with E-state index in [2.05, 4.69) is 0 Å². The first-order chi connectivity index (χ1) is 10.6. The first-order valence-electron chi connectivity index (χ1n) is 8.26. The van der Waals surface area contributed by atoms with Gasteiger partial charge in [0.25, 0.3) is 0 Å². The van der Waals surface area contributed by atoms with Crippen LogP contribution in [0.2, 0.25) is 6.04 Å². The molecule has 0 fully saturated rings. The molecule has 0 aromatic rings. The summed E-state index contributed by atoms with van der Waals surface area (Å²) in [6.07, 6.45) is 2.69. The lowest BCUT2D eigenvalue weighted by molar-refractivity contribution is -0.123. The van der Waals surface area contributed by atoms with Crippen LogP contribution in [0.3, 0.4) is 0 Å². The first kappa shape index (κ1) is 21.7. The fourth-order valence-electron chi connectivity index (χ4n) is 2.09. The maximum atomic E-state index is 11.6. The van der Waals surface area contributed by atoms with E-state index in [1.54, 1.807) is 0 Å². The van der Waals surface area contributed by atoms with Gasteiger partial charge >= 0.3 is 8.80 Å². The molecule has 7 heteroatoms. The summed E-state index contributed by atoms with van der Waals surface area (Å²) in [7, 11) is -2.57. The van der Waals surface area contributed by atoms with Gasteiger partial charge in [0.2, 0.25) is 0 Å². The monoisotopic (exact) mass is 336 g/mol. The zero-order valence-corrected chi connectivity index (χ0v) is 15.3. The lowest BCUT2D eigenvalue weighted by atomic mass is 10.2. The molecule has 0 aliphatic rings. The summed E-state index contributed by atoms with van der Waals surface area (Å²) in [6, 6.07) is 0.737. The summed E-state index contributed by atoms with van der Waals surface area (Å²) in [6.45, 7) is 8.18. The van der Waals surface area contributed by atoms with Gasteiger partial charge in [0.1, 0.15) is 6.61 Å². The zero-order valence-electron chi connectivity index (χ0n) is 14.3. The number of hydrogen-bond acceptors (Lipinski definition) is 6. The Labute approximate surface area is 135 Å². The molecule has 0 heterocycles. The van der Waals surface area contributed by atoms with E-state index >= 15 is 0 Å². The lowest BCUT2D eigenvalue weighted by Gasteiger charge is -2.28. The van der Waals surface area contributed by atoms with Gasteiger partial charge in [-0.2, -0.15) is 0 Å². The first-order valence-corrected chi connectivity index (χ1v) is 10.2. The zero-order chi connectivity index (χ0) is 16.7. The van der Waals surface area contributed by atoms with E-state index in [0.717, 1.165) is 18.9 Å². The molecule has 0 atom stereocenters. The van der Waals surface area contributed by atoms with Gasteiger partial charge in [0.15, 0.2) is 5.78 Å². The van der Waals surface area contributed by atoms with Crippen LogP contribution in [-0.2, 0) is 22.8 Å². The fourth-order valence-corrected chi connectivity index (χ4v) is 4.78. The summed E-state index contributed by atoms with van der Waals surface area (Å²) >= 11 is 0. The Morgan fingerprint density at radius 1 is 0.955 bits per heavy atom. The molecule has 0 saturated carbocycles. The molecule has 0 amide bonds. The molecule has 1 N–H and O–H groups in total. The van der Waals surface area contributed by atoms with Crippen molar-refractivity contribution in [3.8, 4) is 0 Å². The van der Waals surface area contributed by atoms with Crippen molar-refractivity contribution in [2.75, 3.05) is 39.6 Å². The molecule has 132 valence electrons. The highest BCUT2D eigenvalue weighted by Crippen LogP contribution is 2.20. The molecule has 0 saturated heterocycles. The van der Waals surface area contributed by atoms with E-state index in [1.807, 2.05) is 20.8 Å². The Kier molecular flexibility index (Phi) is 14.1. The Bertz CT molecular complexity index is 258. The number of aliphatic hydroxyl groups excluding tert-OH is 1. The largest absolute Gasteiger partial charge is 0.500 e. The minimum atomic E-state index is -2.57. The molecular formula is C15H32O6Si. The standard InChI is InChI=1S/C15H32O6Si/c1-4-19-22(20-5-2,21-6-3)13-8-7-10-15(17)14-18-12-9-11-16/h16H,4-14H2,1-3H3. The topological polar surface area (TPSA) is 74.2 Å². The van der Waals surface area contributed by atoms with Gasteiger partial charge in [-0.15, -0.1) is 0 Å². The van der Waals surface area contributed by atoms with Gasteiger partial charge in [0, 0.05) is 45.5 Å². The second-order valence-electron chi connectivity index (χ2n) is 4.86. The molecule has 6 nitrogen and oxygen atoms in total. The maximum absolute atomic E-state index is 11.6. The third-order valence-electron chi connectivity index (χ3n) is 2.99. The van der Waals surface area contributed by atoms with Gasteiger partial charge < -0.3 is 23.1 Å². The van der Waals surface area contributed by atoms with E-state index in [9.17, 15) is 4.79 Å². The van der Waals surface area contributed by atoms with Crippen molar-refractivity contribution in [2.24, 2.45) is 0 Å². The number of rotatable bonds is 16. The second-order valence-corrected chi connectivity index (χ2v) is 7.59. The number of unbranched alkanes of at least 4 members (excludes halogenated alkanes) is 1. The molecule has 0 aromatic heterocycles. The van der Waals surface area contributed by atoms with Crippen LogP contribution in [0.5, 0.6) is 0 Å². The van der Waals surface area contributed by atoms with E-state index in [-0.39, 0.29) is 19.0 Å². The van der Waals surface area contributed by atoms with Crippen LogP contribution in [0, 0.1) is 0 Å². The summed E-state index contributed by atoms with van der Waals surface area (Å²) in [5.41, 5.74) is 0. The van der Waals surface area contributed by atoms with Gasteiger partial charge in [-0.25, -0.2) is 0 Å². The number of carbonyl (C=O) groups is 1. The molecule has 0 radical (unpaired) electrons. The Hall–Kier alpha value is -0.313. The van der Waals surface area contributed by atoms with Crippen LogP contribution in [0.25, 0.3) is 0 Å². The quantitative estimate of drug-likeness (QED) is 0.344. The average molecular weight is 337 g/mol. The molecule has 0 bridgehead atoms. The van der Waals surface area contributed by atoms with E-state index in [0.29, 0.717) is 39.3 Å². The van der Waals surface area contributed by atoms with Gasteiger partial charge in [-0.3, -0.25) is 4.79 Å². The molecule has 22 heavy (non-hydrogen) atoms. The number of carbonyl (C=O) groups excluding carboxylic acids is 1. The Morgan fingerprint density at radius 3 is 2.05 bits per heavy atom. The van der Waals surface area contributed by atoms with Gasteiger partial charge in [0.05, 0.1) is 0 Å². The predicted octanol–water partition coefficient (Wildman–Crippen LogP) is 2.17. The smallest absolute Gasteiger partial charge is 0.396 e. The molecule has 0 aliphatic heterocycles. The van der Waals surface area contributed by atoms with Gasteiger partial charge in [-0.05, 0) is 40.0 Å². The molecule has 0 rings (SSSR count). The highest BCUT2D eigenvalue weighted by molar-refractivity contribution is 6.60. The average Bonchev–Trinajstić information content (AvgIpc) is 2.49. The van der Waals surface area contributed by atoms with Crippen molar-refractivity contribution in [1.29, 1.82) is 0 Å². The third kappa shape index (κ3) is 10.4. The molecule has 0 aliphatic carbocycles. The number of Topliss-reactive ketones (excluding diaryl/α,β-unsaturated/α-hetero) is 1. The normalized spacial score (nSPS) is 11.8. The predicted molar refractivity (Wildman–Crippen MR) is 86.8 cm³/mol. The number of ether oxygens (including phenoxy) is 1. The summed E-state index contributed by atoms with van der Waals surface area (Å²) in [4.78, 5) is 11.6. The highest BCUT2D eigenvalue weighted by Gasteiger charge is 2.39. The van der Waals surface area contributed by atoms with Gasteiger partial charge in [-0.1, -0.05) is 0 Å². The molecule has 0 aromatic carbocycles. The minimum Gasteiger partial charge on any atom is -0.396 e. The Morgan fingerprint density at radius 2 is 1.55 bits per heavy atom. The maximum Gasteiger partial charge on any atom is 0.500 e. The lowest BCUT2D eigenvalue weighted by Crippen LogP contribution is -2.45. The van der Waals surface area contributed by atoms with Crippen LogP contribution in [0.4, 0.5) is 0 Å². The van der Waals surface area contributed by atoms with Crippen molar-refractivity contribution in [1.82, 2.24) is 0 Å². The highest BCUT2D eigenvalue weighted by atomic mass is 28.4. The van der Waals surface area contributed by atoms with Crippen molar-refractivity contribution in [3.05, 3.63) is 0 Å². The van der Waals surface area contributed by atoms with Crippen molar-refractivity contribution in [2.45, 2.75) is 52.5 Å². The summed E-state index contributed by atoms with van der Waals surface area (Å²) < 4.78 is 22.5. The minimum absolute atomic E-state index is 0.0905. The van der Waals surface area contributed by atoms with Crippen molar-refractivity contribution >= 4 is 14.6 Å². The van der Waals surface area contributed by atoms with Crippen LogP contribution in [-0.4, -0.2) is 59.3 Å². The Balaban J connectivity index is 3.98. The summed E-state index contributed by atoms with van der Waals surface area (Å²) in [5, 5.41) is 8.62. The number of ketones is 1. The third-order valence-corrected chi connectivity index (χ3v) is 6.14. The van der Waals surface area contributed by atoms with E-state index in [4.69, 9.17) is 23.1 Å². The molecular weight excluding hydrogens is 304 g/mol. The SMILES string of the molecule is CCO[Si](CCCCC(=O)COCCCO)(OCC)OCC. The molecule has 0 unspecified atom stereocenters. The second kappa shape index (κ2) is 14.3. The molecule has 0 spiro atoms. The number of hydrogen-bond donors (Lipinski definition) is 1. The van der Waals surface area contributed by atoms with Crippen LogP contribution in [0.1, 0.15) is 46.5 Å². The van der Waals surface area contributed by atoms with Crippen LogP contribution in [0.15, 0.2) is 0 Å². The van der Waals surface area contributed by atoms with E-state index in [1.165, 1.54) is 0 Å². The van der Waals surface area contributed by atoms with Crippen molar-refractivity contribution in [3.63, 3.8) is 0 Å².